The highest BCUT2D eigenvalue weighted by Gasteiger charge is 2.17. The van der Waals surface area contributed by atoms with Crippen LogP contribution in [0.15, 0.2) is 35.6 Å². The summed E-state index contributed by atoms with van der Waals surface area (Å²) in [6.07, 6.45) is 4.34. The van der Waals surface area contributed by atoms with E-state index in [1.807, 2.05) is 13.8 Å². The summed E-state index contributed by atoms with van der Waals surface area (Å²) in [4.78, 5) is 7.95. The average Bonchev–Trinajstić information content (AvgIpc) is 2.40. The number of pyridine rings is 2. The Bertz CT molecular complexity index is 750. The predicted octanol–water partition coefficient (Wildman–Crippen LogP) is 2.67. The normalized spacial score (nSPS) is 11.2. The van der Waals surface area contributed by atoms with Crippen molar-refractivity contribution in [3.63, 3.8) is 0 Å². The predicted molar refractivity (Wildman–Crippen MR) is 83.2 cm³/mol. The van der Waals surface area contributed by atoms with Gasteiger partial charge < -0.3 is 5.32 Å². The summed E-state index contributed by atoms with van der Waals surface area (Å²) in [5.41, 5.74) is 1.25. The topological polar surface area (TPSA) is 84.0 Å². The first-order valence-electron chi connectivity index (χ1n) is 6.26. The van der Waals surface area contributed by atoms with Crippen LogP contribution in [-0.4, -0.2) is 24.9 Å². The van der Waals surface area contributed by atoms with Crippen molar-refractivity contribution in [1.82, 2.24) is 9.97 Å². The number of rotatable bonds is 5. The molecule has 2 heterocycles. The van der Waals surface area contributed by atoms with E-state index in [9.17, 15) is 8.42 Å². The lowest BCUT2D eigenvalue weighted by Crippen LogP contribution is -2.14. The van der Waals surface area contributed by atoms with E-state index >= 15 is 0 Å². The zero-order valence-corrected chi connectivity index (χ0v) is 13.2. The van der Waals surface area contributed by atoms with Crippen LogP contribution in [0.2, 0.25) is 5.02 Å². The maximum Gasteiger partial charge on any atom is 0.263 e. The molecule has 2 N–H and O–H groups in total. The first-order valence-corrected chi connectivity index (χ1v) is 8.12. The van der Waals surface area contributed by atoms with E-state index in [0.717, 1.165) is 5.56 Å². The monoisotopic (exact) mass is 326 g/mol. The van der Waals surface area contributed by atoms with Crippen molar-refractivity contribution in [1.29, 1.82) is 0 Å². The maximum atomic E-state index is 12.3. The van der Waals surface area contributed by atoms with Gasteiger partial charge in [-0.15, -0.1) is 0 Å². The molecule has 0 saturated carbocycles. The number of hydrogen-bond acceptors (Lipinski definition) is 5. The molecule has 112 valence electrons. The molecule has 2 aromatic heterocycles. The minimum absolute atomic E-state index is 0.00402. The lowest BCUT2D eigenvalue weighted by Gasteiger charge is -2.10. The molecule has 0 radical (unpaired) electrons. The standard InChI is InChI=1S/C13H15ClN4O2S/c1-3-16-13-12(14)5-11(8-17-13)21(19,20)18-10-4-9(2)6-15-7-10/h4-8,18H,3H2,1-2H3,(H,16,17). The molecule has 21 heavy (non-hydrogen) atoms. The van der Waals surface area contributed by atoms with Crippen molar-refractivity contribution >= 4 is 33.1 Å². The number of nitrogens with one attached hydrogen (secondary N) is 2. The van der Waals surface area contributed by atoms with Gasteiger partial charge in [-0.05, 0) is 31.5 Å². The number of halogens is 1. The van der Waals surface area contributed by atoms with Crippen molar-refractivity contribution in [2.75, 3.05) is 16.6 Å². The summed E-state index contributed by atoms with van der Waals surface area (Å²) in [5.74, 6) is 0.454. The molecular formula is C13H15ClN4O2S. The molecule has 2 rings (SSSR count). The molecule has 0 unspecified atom stereocenters. The van der Waals surface area contributed by atoms with Crippen LogP contribution in [0.4, 0.5) is 11.5 Å². The summed E-state index contributed by atoms with van der Waals surface area (Å²) < 4.78 is 27.0. The second kappa shape index (κ2) is 6.28. The first-order chi connectivity index (χ1) is 9.92. The second-order valence-corrected chi connectivity index (χ2v) is 6.48. The van der Waals surface area contributed by atoms with Gasteiger partial charge in [0.1, 0.15) is 10.7 Å². The van der Waals surface area contributed by atoms with Crippen LogP contribution in [0.1, 0.15) is 12.5 Å². The molecule has 6 nitrogen and oxygen atoms in total. The fourth-order valence-corrected chi connectivity index (χ4v) is 2.99. The molecule has 0 aliphatic rings. The molecule has 0 bridgehead atoms. The van der Waals surface area contributed by atoms with E-state index in [1.54, 1.807) is 12.3 Å². The maximum absolute atomic E-state index is 12.3. The Labute approximate surface area is 128 Å². The van der Waals surface area contributed by atoms with E-state index in [-0.39, 0.29) is 9.92 Å². The molecule has 0 aromatic carbocycles. The lowest BCUT2D eigenvalue weighted by molar-refractivity contribution is 0.601. The molecular weight excluding hydrogens is 312 g/mol. The fourth-order valence-electron chi connectivity index (χ4n) is 1.69. The quantitative estimate of drug-likeness (QED) is 0.882. The highest BCUT2D eigenvalue weighted by molar-refractivity contribution is 7.92. The van der Waals surface area contributed by atoms with Crippen LogP contribution in [0.25, 0.3) is 0 Å². The van der Waals surface area contributed by atoms with Gasteiger partial charge in [-0.25, -0.2) is 13.4 Å². The molecule has 0 fully saturated rings. The number of hydrogen-bond donors (Lipinski definition) is 2. The summed E-state index contributed by atoms with van der Waals surface area (Å²) in [6.45, 7) is 4.37. The van der Waals surface area contributed by atoms with Crippen molar-refractivity contribution in [2.45, 2.75) is 18.7 Å². The minimum Gasteiger partial charge on any atom is -0.369 e. The molecule has 0 amide bonds. The highest BCUT2D eigenvalue weighted by Crippen LogP contribution is 2.23. The van der Waals surface area contributed by atoms with Gasteiger partial charge in [-0.3, -0.25) is 9.71 Å². The van der Waals surface area contributed by atoms with Crippen LogP contribution in [0.3, 0.4) is 0 Å². The first kappa shape index (κ1) is 15.5. The number of aromatic nitrogens is 2. The van der Waals surface area contributed by atoms with Crippen molar-refractivity contribution in [3.8, 4) is 0 Å². The van der Waals surface area contributed by atoms with E-state index in [4.69, 9.17) is 11.6 Å². The van der Waals surface area contributed by atoms with Crippen LogP contribution in [0, 0.1) is 6.92 Å². The van der Waals surface area contributed by atoms with Gasteiger partial charge in [0.15, 0.2) is 0 Å². The number of anilines is 2. The zero-order valence-electron chi connectivity index (χ0n) is 11.6. The van der Waals surface area contributed by atoms with E-state index in [1.165, 1.54) is 18.5 Å². The smallest absolute Gasteiger partial charge is 0.263 e. The number of aryl methyl sites for hydroxylation is 1. The van der Waals surface area contributed by atoms with Crippen molar-refractivity contribution < 1.29 is 8.42 Å². The summed E-state index contributed by atoms with van der Waals surface area (Å²) in [7, 11) is -3.75. The third kappa shape index (κ3) is 3.83. The van der Waals surface area contributed by atoms with Crippen LogP contribution in [-0.2, 0) is 10.0 Å². The molecule has 0 saturated heterocycles. The number of nitrogens with zero attached hydrogens (tertiary/aromatic N) is 2. The van der Waals surface area contributed by atoms with Crippen LogP contribution in [0.5, 0.6) is 0 Å². The molecule has 0 aliphatic heterocycles. The van der Waals surface area contributed by atoms with E-state index in [2.05, 4.69) is 20.0 Å². The average molecular weight is 327 g/mol. The largest absolute Gasteiger partial charge is 0.369 e. The molecule has 0 atom stereocenters. The molecule has 0 aliphatic carbocycles. The van der Waals surface area contributed by atoms with Gasteiger partial charge in [0.05, 0.1) is 16.9 Å². The zero-order chi connectivity index (χ0) is 15.5. The van der Waals surface area contributed by atoms with Crippen molar-refractivity contribution in [2.24, 2.45) is 0 Å². The van der Waals surface area contributed by atoms with Gasteiger partial charge in [-0.2, -0.15) is 0 Å². The van der Waals surface area contributed by atoms with Crippen LogP contribution < -0.4 is 10.0 Å². The number of sulfonamides is 1. The van der Waals surface area contributed by atoms with E-state index < -0.39 is 10.0 Å². The third-order valence-electron chi connectivity index (χ3n) is 2.60. The molecule has 0 spiro atoms. The minimum atomic E-state index is -3.75. The summed E-state index contributed by atoms with van der Waals surface area (Å²) >= 11 is 6.01. The molecule has 8 heteroatoms. The van der Waals surface area contributed by atoms with Crippen LogP contribution >= 0.6 is 11.6 Å². The lowest BCUT2D eigenvalue weighted by atomic mass is 10.3. The van der Waals surface area contributed by atoms with Gasteiger partial charge in [0.25, 0.3) is 10.0 Å². The Morgan fingerprint density at radius 2 is 2.00 bits per heavy atom. The fraction of sp³-hybridized carbons (Fsp3) is 0.231. The Balaban J connectivity index is 2.29. The summed E-state index contributed by atoms with van der Waals surface area (Å²) in [6, 6.07) is 3.05. The van der Waals surface area contributed by atoms with Gasteiger partial charge in [0, 0.05) is 18.9 Å². The van der Waals surface area contributed by atoms with Gasteiger partial charge in [0.2, 0.25) is 0 Å². The Hall–Kier alpha value is -1.86. The molecule has 2 aromatic rings. The highest BCUT2D eigenvalue weighted by atomic mass is 35.5. The van der Waals surface area contributed by atoms with Gasteiger partial charge in [-0.1, -0.05) is 11.6 Å². The Morgan fingerprint density at radius 1 is 1.24 bits per heavy atom. The SMILES string of the molecule is CCNc1ncc(S(=O)(=O)Nc2cncc(C)c2)cc1Cl. The Kier molecular flexibility index (Phi) is 4.64. The third-order valence-corrected chi connectivity index (χ3v) is 4.23. The van der Waals surface area contributed by atoms with E-state index in [0.29, 0.717) is 18.1 Å². The Morgan fingerprint density at radius 3 is 2.62 bits per heavy atom. The second-order valence-electron chi connectivity index (χ2n) is 4.39. The van der Waals surface area contributed by atoms with Gasteiger partial charge >= 0.3 is 0 Å². The summed E-state index contributed by atoms with van der Waals surface area (Å²) in [5, 5.41) is 3.20. The van der Waals surface area contributed by atoms with Crippen molar-refractivity contribution in [3.05, 3.63) is 41.3 Å².